The van der Waals surface area contributed by atoms with E-state index in [2.05, 4.69) is 48.9 Å². The summed E-state index contributed by atoms with van der Waals surface area (Å²) >= 11 is 0. The Kier molecular flexibility index (Phi) is 3.15. The molecule has 1 heterocycles. The van der Waals surface area contributed by atoms with Crippen molar-refractivity contribution in [3.63, 3.8) is 0 Å². The summed E-state index contributed by atoms with van der Waals surface area (Å²) in [7, 11) is 2.20. The molecule has 2 heteroatoms. The summed E-state index contributed by atoms with van der Waals surface area (Å²) in [4.78, 5) is 4.91. The highest BCUT2D eigenvalue weighted by Crippen LogP contribution is 2.24. The molecule has 0 aromatic heterocycles. The number of nitrogens with zero attached hydrogens (tertiary/aromatic N) is 2. The highest BCUT2D eigenvalue weighted by molar-refractivity contribution is 5.24. The van der Waals surface area contributed by atoms with Crippen molar-refractivity contribution in [1.29, 1.82) is 0 Å². The second-order valence-electron chi connectivity index (χ2n) is 4.96. The van der Waals surface area contributed by atoms with E-state index < -0.39 is 0 Å². The first-order valence-electron chi connectivity index (χ1n) is 6.00. The van der Waals surface area contributed by atoms with Gasteiger partial charge in [-0.05, 0) is 25.0 Å². The van der Waals surface area contributed by atoms with E-state index in [-0.39, 0.29) is 0 Å². The summed E-state index contributed by atoms with van der Waals surface area (Å²) in [5.74, 6) is 1.38. The monoisotopic (exact) mass is 206 g/mol. The fraction of sp³-hybridized carbons (Fsp3) is 0.692. The Morgan fingerprint density at radius 1 is 1.07 bits per heavy atom. The lowest BCUT2D eigenvalue weighted by Crippen LogP contribution is -2.43. The molecule has 1 aliphatic heterocycles. The quantitative estimate of drug-likeness (QED) is 0.647. The summed E-state index contributed by atoms with van der Waals surface area (Å²) in [6.07, 6.45) is 7.07. The molecule has 0 aromatic rings. The highest BCUT2D eigenvalue weighted by Gasteiger charge is 2.19. The summed E-state index contributed by atoms with van der Waals surface area (Å²) < 4.78 is 0. The smallest absolute Gasteiger partial charge is 0.0326 e. The van der Waals surface area contributed by atoms with Crippen LogP contribution in [0.2, 0.25) is 0 Å². The van der Waals surface area contributed by atoms with Crippen LogP contribution in [0, 0.1) is 11.8 Å². The van der Waals surface area contributed by atoms with E-state index in [0.717, 1.165) is 0 Å². The van der Waals surface area contributed by atoms with Crippen LogP contribution in [-0.4, -0.2) is 43.0 Å². The van der Waals surface area contributed by atoms with Crippen molar-refractivity contribution < 1.29 is 0 Å². The molecule has 1 saturated heterocycles. The van der Waals surface area contributed by atoms with Crippen LogP contribution >= 0.6 is 0 Å². The average Bonchev–Trinajstić information content (AvgIpc) is 2.23. The fourth-order valence-corrected chi connectivity index (χ4v) is 2.18. The van der Waals surface area contributed by atoms with Crippen molar-refractivity contribution in [3.8, 4) is 0 Å². The minimum absolute atomic E-state index is 0.685. The summed E-state index contributed by atoms with van der Waals surface area (Å²) in [5.41, 5.74) is 1.44. The summed E-state index contributed by atoms with van der Waals surface area (Å²) in [6, 6.07) is 0. The normalized spacial score (nSPS) is 33.0. The molecule has 0 bridgehead atoms. The maximum absolute atomic E-state index is 2.51. The Balaban J connectivity index is 2.00. The van der Waals surface area contributed by atoms with Gasteiger partial charge in [0.1, 0.15) is 0 Å². The van der Waals surface area contributed by atoms with Crippen LogP contribution < -0.4 is 0 Å². The third-order valence-electron chi connectivity index (χ3n) is 3.70. The summed E-state index contributed by atoms with van der Waals surface area (Å²) in [6.45, 7) is 9.33. The van der Waals surface area contributed by atoms with Crippen LogP contribution in [0.3, 0.4) is 0 Å². The van der Waals surface area contributed by atoms with E-state index >= 15 is 0 Å². The van der Waals surface area contributed by atoms with Gasteiger partial charge in [0, 0.05) is 31.9 Å². The van der Waals surface area contributed by atoms with Gasteiger partial charge >= 0.3 is 0 Å². The first-order chi connectivity index (χ1) is 7.16. The van der Waals surface area contributed by atoms with E-state index in [4.69, 9.17) is 0 Å². The molecule has 15 heavy (non-hydrogen) atoms. The molecule has 0 amide bonds. The van der Waals surface area contributed by atoms with E-state index in [1.165, 1.54) is 31.9 Å². The molecule has 0 spiro atoms. The Labute approximate surface area is 93.2 Å². The standard InChI is InChI=1S/C13H22N2/c1-11-4-5-13(10-12(11)2)15-8-6-14(3)7-9-15/h4-5,10-12H,6-9H2,1-3H3. The largest absolute Gasteiger partial charge is 0.369 e. The van der Waals surface area contributed by atoms with Crippen molar-refractivity contribution in [2.45, 2.75) is 13.8 Å². The number of likely N-dealkylation sites (N-methyl/N-ethyl adjacent to an activating group) is 1. The van der Waals surface area contributed by atoms with Crippen LogP contribution in [0.4, 0.5) is 0 Å². The van der Waals surface area contributed by atoms with Crippen molar-refractivity contribution in [1.82, 2.24) is 9.80 Å². The lowest BCUT2D eigenvalue weighted by Gasteiger charge is -2.36. The van der Waals surface area contributed by atoms with Crippen LogP contribution in [-0.2, 0) is 0 Å². The Morgan fingerprint density at radius 3 is 2.33 bits per heavy atom. The molecule has 1 fully saturated rings. The first kappa shape index (κ1) is 10.7. The van der Waals surface area contributed by atoms with Crippen LogP contribution in [0.25, 0.3) is 0 Å². The minimum Gasteiger partial charge on any atom is -0.369 e. The highest BCUT2D eigenvalue weighted by atomic mass is 15.2. The van der Waals surface area contributed by atoms with Gasteiger partial charge in [-0.25, -0.2) is 0 Å². The van der Waals surface area contributed by atoms with Crippen molar-refractivity contribution in [3.05, 3.63) is 23.9 Å². The van der Waals surface area contributed by atoms with Gasteiger partial charge in [-0.3, -0.25) is 0 Å². The molecule has 2 rings (SSSR count). The van der Waals surface area contributed by atoms with Gasteiger partial charge in [-0.1, -0.05) is 26.0 Å². The average molecular weight is 206 g/mol. The molecular weight excluding hydrogens is 184 g/mol. The van der Waals surface area contributed by atoms with Crippen molar-refractivity contribution >= 4 is 0 Å². The second kappa shape index (κ2) is 4.40. The lowest BCUT2D eigenvalue weighted by molar-refractivity contribution is 0.188. The van der Waals surface area contributed by atoms with Crippen LogP contribution in [0.1, 0.15) is 13.8 Å². The Hall–Kier alpha value is -0.760. The van der Waals surface area contributed by atoms with Crippen LogP contribution in [0.15, 0.2) is 23.9 Å². The van der Waals surface area contributed by atoms with E-state index in [0.29, 0.717) is 11.8 Å². The maximum Gasteiger partial charge on any atom is 0.0326 e. The van der Waals surface area contributed by atoms with Gasteiger partial charge < -0.3 is 9.80 Å². The molecule has 1 aliphatic carbocycles. The molecule has 84 valence electrons. The Morgan fingerprint density at radius 2 is 1.73 bits per heavy atom. The molecule has 2 atom stereocenters. The molecule has 0 aromatic carbocycles. The van der Waals surface area contributed by atoms with Gasteiger partial charge in [-0.2, -0.15) is 0 Å². The number of hydrogen-bond acceptors (Lipinski definition) is 2. The zero-order valence-electron chi connectivity index (χ0n) is 10.1. The van der Waals surface area contributed by atoms with E-state index in [1.807, 2.05) is 0 Å². The van der Waals surface area contributed by atoms with Crippen LogP contribution in [0.5, 0.6) is 0 Å². The molecule has 0 radical (unpaired) electrons. The molecular formula is C13H22N2. The zero-order valence-corrected chi connectivity index (χ0v) is 10.1. The van der Waals surface area contributed by atoms with Gasteiger partial charge in [-0.15, -0.1) is 0 Å². The number of hydrogen-bond donors (Lipinski definition) is 0. The molecule has 0 N–H and O–H groups in total. The van der Waals surface area contributed by atoms with Gasteiger partial charge in [0.05, 0.1) is 0 Å². The molecule has 2 aliphatic rings. The third-order valence-corrected chi connectivity index (χ3v) is 3.70. The second-order valence-corrected chi connectivity index (χ2v) is 4.96. The van der Waals surface area contributed by atoms with Gasteiger partial charge in [0.15, 0.2) is 0 Å². The SMILES string of the molecule is CC1C=CC(N2CCN(C)CC2)=CC1C. The maximum atomic E-state index is 2.51. The number of rotatable bonds is 1. The third kappa shape index (κ3) is 2.43. The summed E-state index contributed by atoms with van der Waals surface area (Å²) in [5, 5.41) is 0. The molecule has 0 saturated carbocycles. The first-order valence-corrected chi connectivity index (χ1v) is 6.00. The minimum atomic E-state index is 0.685. The predicted octanol–water partition coefficient (Wildman–Crippen LogP) is 1.96. The van der Waals surface area contributed by atoms with E-state index in [1.54, 1.807) is 0 Å². The number of allylic oxidation sites excluding steroid dienone is 3. The zero-order chi connectivity index (χ0) is 10.8. The van der Waals surface area contributed by atoms with Gasteiger partial charge in [0.25, 0.3) is 0 Å². The number of piperazine rings is 1. The lowest BCUT2D eigenvalue weighted by atomic mass is 9.90. The molecule has 2 unspecified atom stereocenters. The van der Waals surface area contributed by atoms with E-state index in [9.17, 15) is 0 Å². The topological polar surface area (TPSA) is 6.48 Å². The van der Waals surface area contributed by atoms with Crippen molar-refractivity contribution in [2.75, 3.05) is 33.2 Å². The predicted molar refractivity (Wildman–Crippen MR) is 64.6 cm³/mol. The fourth-order valence-electron chi connectivity index (χ4n) is 2.18. The Bertz CT molecular complexity index is 272. The molecule has 2 nitrogen and oxygen atoms in total. The van der Waals surface area contributed by atoms with Crippen molar-refractivity contribution in [2.24, 2.45) is 11.8 Å². The van der Waals surface area contributed by atoms with Gasteiger partial charge in [0.2, 0.25) is 0 Å².